The number of halogens is 1. The van der Waals surface area contributed by atoms with E-state index >= 15 is 0 Å². The van der Waals surface area contributed by atoms with Gasteiger partial charge in [-0.05, 0) is 43.0 Å². The molecule has 1 aliphatic carbocycles. The molecular formula is C13H13FO2. The molecule has 0 bridgehead atoms. The molecule has 0 spiro atoms. The van der Waals surface area contributed by atoms with Crippen LogP contribution in [-0.4, -0.2) is 11.1 Å². The lowest BCUT2D eigenvalue weighted by Gasteiger charge is -2.20. The predicted molar refractivity (Wildman–Crippen MR) is 59.5 cm³/mol. The van der Waals surface area contributed by atoms with Crippen molar-refractivity contribution in [2.75, 3.05) is 0 Å². The normalized spacial score (nSPS) is 14.6. The van der Waals surface area contributed by atoms with Crippen LogP contribution < -0.4 is 0 Å². The Morgan fingerprint density at radius 1 is 1.44 bits per heavy atom. The maximum absolute atomic E-state index is 13.5. The summed E-state index contributed by atoms with van der Waals surface area (Å²) in [4.78, 5) is 11.1. The van der Waals surface area contributed by atoms with E-state index in [-0.39, 0.29) is 5.82 Å². The number of carboxylic acid groups (broad SMARTS) is 1. The minimum Gasteiger partial charge on any atom is -0.481 e. The number of carboxylic acids is 1. The number of benzene rings is 1. The lowest BCUT2D eigenvalue weighted by atomic mass is 9.83. The minimum absolute atomic E-state index is 0.259. The Morgan fingerprint density at radius 2 is 2.12 bits per heavy atom. The highest BCUT2D eigenvalue weighted by molar-refractivity contribution is 5.82. The molecule has 0 saturated heterocycles. The molecule has 1 aromatic carbocycles. The monoisotopic (exact) mass is 220 g/mol. The van der Waals surface area contributed by atoms with Gasteiger partial charge in [0, 0.05) is 0 Å². The van der Waals surface area contributed by atoms with Crippen molar-refractivity contribution in [2.24, 2.45) is 5.41 Å². The summed E-state index contributed by atoms with van der Waals surface area (Å²) < 4.78 is 13.5. The average Bonchev–Trinajstić information content (AvgIpc) is 2.63. The van der Waals surface area contributed by atoms with E-state index in [1.807, 2.05) is 6.07 Å². The molecule has 1 aliphatic rings. The van der Waals surface area contributed by atoms with Gasteiger partial charge in [-0.1, -0.05) is 18.2 Å². The molecule has 0 saturated carbocycles. The van der Waals surface area contributed by atoms with Crippen molar-refractivity contribution < 1.29 is 14.3 Å². The molecule has 2 rings (SSSR count). The zero-order chi connectivity index (χ0) is 11.9. The molecule has 0 amide bonds. The second-order valence-electron chi connectivity index (χ2n) is 4.58. The van der Waals surface area contributed by atoms with Crippen molar-refractivity contribution in [2.45, 2.75) is 20.3 Å². The highest BCUT2D eigenvalue weighted by Crippen LogP contribution is 2.37. The molecule has 3 heteroatoms. The molecule has 1 aromatic rings. The maximum Gasteiger partial charge on any atom is 0.313 e. The molecule has 0 radical (unpaired) electrons. The van der Waals surface area contributed by atoms with E-state index in [1.54, 1.807) is 26.0 Å². The number of hydrogen-bond donors (Lipinski definition) is 1. The summed E-state index contributed by atoms with van der Waals surface area (Å²) in [7, 11) is 0. The first-order chi connectivity index (χ1) is 7.43. The van der Waals surface area contributed by atoms with E-state index in [0.717, 1.165) is 11.1 Å². The predicted octanol–water partition coefficient (Wildman–Crippen LogP) is 2.88. The first-order valence-electron chi connectivity index (χ1n) is 5.15. The second-order valence-corrected chi connectivity index (χ2v) is 4.58. The smallest absolute Gasteiger partial charge is 0.313 e. The van der Waals surface area contributed by atoms with E-state index < -0.39 is 11.4 Å². The van der Waals surface area contributed by atoms with Crippen LogP contribution in [0.4, 0.5) is 4.39 Å². The van der Waals surface area contributed by atoms with Crippen LogP contribution in [0.5, 0.6) is 0 Å². The summed E-state index contributed by atoms with van der Waals surface area (Å²) in [5.74, 6) is -1.14. The van der Waals surface area contributed by atoms with Crippen LogP contribution in [0.25, 0.3) is 6.08 Å². The molecule has 0 unspecified atom stereocenters. The fraction of sp³-hybridized carbons (Fsp3) is 0.308. The highest BCUT2D eigenvalue weighted by atomic mass is 19.1. The molecule has 0 heterocycles. The Labute approximate surface area is 93.4 Å². The first kappa shape index (κ1) is 10.9. The number of rotatable bonds is 2. The van der Waals surface area contributed by atoms with Crippen molar-refractivity contribution in [3.63, 3.8) is 0 Å². The van der Waals surface area contributed by atoms with Gasteiger partial charge in [-0.2, -0.15) is 0 Å². The quantitative estimate of drug-likeness (QED) is 0.832. The summed E-state index contributed by atoms with van der Waals surface area (Å²) >= 11 is 0. The summed E-state index contributed by atoms with van der Waals surface area (Å²) in [6.45, 7) is 3.29. The number of fused-ring (bicyclic) bond motifs is 1. The summed E-state index contributed by atoms with van der Waals surface area (Å²) in [5.41, 5.74) is 1.21. The van der Waals surface area contributed by atoms with Gasteiger partial charge in [0.1, 0.15) is 5.82 Å². The molecule has 16 heavy (non-hydrogen) atoms. The van der Waals surface area contributed by atoms with Gasteiger partial charge < -0.3 is 5.11 Å². The Balaban J connectivity index is 2.41. The van der Waals surface area contributed by atoms with Crippen LogP contribution in [0, 0.1) is 11.2 Å². The third kappa shape index (κ3) is 1.52. The van der Waals surface area contributed by atoms with Crippen LogP contribution in [0.2, 0.25) is 0 Å². The van der Waals surface area contributed by atoms with Gasteiger partial charge in [0.2, 0.25) is 0 Å². The van der Waals surface area contributed by atoms with E-state index in [2.05, 4.69) is 0 Å². The van der Waals surface area contributed by atoms with Crippen LogP contribution in [0.15, 0.2) is 23.8 Å². The summed E-state index contributed by atoms with van der Waals surface area (Å²) in [6, 6.07) is 4.86. The minimum atomic E-state index is -0.939. The largest absolute Gasteiger partial charge is 0.481 e. The van der Waals surface area contributed by atoms with Gasteiger partial charge in [0.25, 0.3) is 0 Å². The van der Waals surface area contributed by atoms with Crippen LogP contribution in [0.3, 0.4) is 0 Å². The van der Waals surface area contributed by atoms with Crippen LogP contribution in [-0.2, 0) is 11.2 Å². The van der Waals surface area contributed by atoms with E-state index in [1.165, 1.54) is 6.07 Å². The van der Waals surface area contributed by atoms with Crippen molar-refractivity contribution in [1.29, 1.82) is 0 Å². The number of hydrogen-bond acceptors (Lipinski definition) is 1. The third-order valence-electron chi connectivity index (χ3n) is 3.19. The van der Waals surface area contributed by atoms with Gasteiger partial charge in [-0.15, -0.1) is 0 Å². The Bertz CT molecular complexity index is 487. The Hall–Kier alpha value is -1.64. The first-order valence-corrected chi connectivity index (χ1v) is 5.15. The second kappa shape index (κ2) is 3.44. The number of aliphatic carboxylic acids is 1. The maximum atomic E-state index is 13.5. The third-order valence-corrected chi connectivity index (χ3v) is 3.19. The van der Waals surface area contributed by atoms with Gasteiger partial charge >= 0.3 is 5.97 Å². The van der Waals surface area contributed by atoms with E-state index in [0.29, 0.717) is 12.0 Å². The lowest BCUT2D eigenvalue weighted by Crippen LogP contribution is -2.26. The van der Waals surface area contributed by atoms with Gasteiger partial charge in [-0.25, -0.2) is 4.39 Å². The van der Waals surface area contributed by atoms with Crippen molar-refractivity contribution in [3.05, 3.63) is 40.7 Å². The zero-order valence-corrected chi connectivity index (χ0v) is 9.25. The van der Waals surface area contributed by atoms with E-state index in [9.17, 15) is 9.18 Å². The fourth-order valence-electron chi connectivity index (χ4n) is 1.86. The standard InChI is InChI=1S/C13H13FO2/c1-13(2,12(15)16)9-6-8-4-3-5-11(14)10(8)7-9/h3-6H,7H2,1-2H3,(H,15,16). The zero-order valence-electron chi connectivity index (χ0n) is 9.25. The Morgan fingerprint density at radius 3 is 2.69 bits per heavy atom. The molecular weight excluding hydrogens is 207 g/mol. The molecule has 0 aromatic heterocycles. The Kier molecular flexibility index (Phi) is 2.34. The SMILES string of the molecule is CC(C)(C(=O)O)C1=Cc2cccc(F)c2C1. The topological polar surface area (TPSA) is 37.3 Å². The van der Waals surface area contributed by atoms with Gasteiger partial charge in [0.05, 0.1) is 5.41 Å². The van der Waals surface area contributed by atoms with Crippen molar-refractivity contribution in [1.82, 2.24) is 0 Å². The molecule has 2 nitrogen and oxygen atoms in total. The van der Waals surface area contributed by atoms with Gasteiger partial charge in [-0.3, -0.25) is 4.79 Å². The van der Waals surface area contributed by atoms with Gasteiger partial charge in [0.15, 0.2) is 0 Å². The molecule has 0 aliphatic heterocycles. The fourth-order valence-corrected chi connectivity index (χ4v) is 1.86. The average molecular weight is 220 g/mol. The lowest BCUT2D eigenvalue weighted by molar-refractivity contribution is -0.144. The van der Waals surface area contributed by atoms with Crippen molar-refractivity contribution in [3.8, 4) is 0 Å². The van der Waals surface area contributed by atoms with Crippen LogP contribution >= 0.6 is 0 Å². The molecule has 1 N–H and O–H groups in total. The van der Waals surface area contributed by atoms with E-state index in [4.69, 9.17) is 5.11 Å². The summed E-state index contributed by atoms with van der Waals surface area (Å²) in [6.07, 6.45) is 2.17. The number of carbonyl (C=O) groups is 1. The molecule has 84 valence electrons. The molecule has 0 atom stereocenters. The summed E-state index contributed by atoms with van der Waals surface area (Å²) in [5, 5.41) is 9.12. The highest BCUT2D eigenvalue weighted by Gasteiger charge is 2.34. The van der Waals surface area contributed by atoms with Crippen molar-refractivity contribution >= 4 is 12.0 Å². The molecule has 0 fully saturated rings. The van der Waals surface area contributed by atoms with Crippen LogP contribution in [0.1, 0.15) is 25.0 Å².